The van der Waals surface area contributed by atoms with Gasteiger partial charge in [0.2, 0.25) is 0 Å². The van der Waals surface area contributed by atoms with Crippen LogP contribution in [0.1, 0.15) is 51.5 Å². The number of likely N-dealkylation sites (tertiary alicyclic amines) is 1. The Morgan fingerprint density at radius 3 is 2.05 bits per heavy atom. The first-order chi connectivity index (χ1) is 19.6. The molecule has 1 saturated heterocycles. The number of carboxylic acids is 1. The van der Waals surface area contributed by atoms with E-state index >= 15 is 0 Å². The van der Waals surface area contributed by atoms with E-state index in [0.29, 0.717) is 22.4 Å². The highest BCUT2D eigenvalue weighted by atomic mass is 19.1. The molecule has 1 fully saturated rings. The number of para-hydroxylation sites is 1. The van der Waals surface area contributed by atoms with E-state index in [0.717, 1.165) is 11.1 Å². The predicted molar refractivity (Wildman–Crippen MR) is 155 cm³/mol. The monoisotopic (exact) mass is 550 g/mol. The lowest BCUT2D eigenvalue weighted by Gasteiger charge is -2.37. The molecule has 0 aliphatic carbocycles. The lowest BCUT2D eigenvalue weighted by atomic mass is 9.71. The molecule has 0 bridgehead atoms. The smallest absolute Gasteiger partial charge is 0.330 e. The summed E-state index contributed by atoms with van der Waals surface area (Å²) >= 11 is 0. The van der Waals surface area contributed by atoms with Gasteiger partial charge in [0.1, 0.15) is 11.4 Å². The van der Waals surface area contributed by atoms with E-state index in [-0.39, 0.29) is 5.78 Å². The number of nitrogens with zero attached hydrogens (tertiary/aromatic N) is 1. The summed E-state index contributed by atoms with van der Waals surface area (Å²) in [5, 5.41) is 13.7. The molecule has 1 aliphatic rings. The standard InChI is InChI=1S/C34H31FN2O4/c1-21-9-7-11-24(19-21)30-28(31(38)25-12-8-10-22(2)20-25)29(23-15-17-26(35)18-16-23)34(3,32(39)40)37(30)33(41)36-27-13-5-4-6-14-27/h4-20,28-30H,1-3H3,(H,36,41)(H,39,40). The van der Waals surface area contributed by atoms with E-state index in [2.05, 4.69) is 5.32 Å². The summed E-state index contributed by atoms with van der Waals surface area (Å²) in [5.74, 6) is -4.05. The molecule has 0 spiro atoms. The number of carboxylic acid groups (broad SMARTS) is 1. The number of urea groups is 1. The van der Waals surface area contributed by atoms with Gasteiger partial charge in [-0.2, -0.15) is 0 Å². The Balaban J connectivity index is 1.79. The number of amides is 2. The highest BCUT2D eigenvalue weighted by Crippen LogP contribution is 2.56. The molecule has 4 atom stereocenters. The van der Waals surface area contributed by atoms with Crippen LogP contribution in [0, 0.1) is 25.6 Å². The summed E-state index contributed by atoms with van der Waals surface area (Å²) < 4.78 is 14.1. The molecule has 0 radical (unpaired) electrons. The first-order valence-electron chi connectivity index (χ1n) is 13.4. The van der Waals surface area contributed by atoms with Crippen LogP contribution in [0.4, 0.5) is 14.9 Å². The summed E-state index contributed by atoms with van der Waals surface area (Å²) in [6, 6.07) is 27.2. The number of nitrogens with one attached hydrogen (secondary N) is 1. The van der Waals surface area contributed by atoms with E-state index in [1.807, 2.05) is 50.2 Å². The second-order valence-electron chi connectivity index (χ2n) is 10.8. The number of anilines is 1. The second kappa shape index (κ2) is 11.0. The van der Waals surface area contributed by atoms with E-state index in [1.165, 1.54) is 36.1 Å². The third-order valence-corrected chi connectivity index (χ3v) is 7.98. The van der Waals surface area contributed by atoms with Crippen LogP contribution >= 0.6 is 0 Å². The van der Waals surface area contributed by atoms with Crippen molar-refractivity contribution >= 4 is 23.5 Å². The minimum atomic E-state index is -1.88. The lowest BCUT2D eigenvalue weighted by Crippen LogP contribution is -2.55. The molecule has 1 aliphatic heterocycles. The van der Waals surface area contributed by atoms with Crippen molar-refractivity contribution in [1.29, 1.82) is 0 Å². The summed E-state index contributed by atoms with van der Waals surface area (Å²) in [6.45, 7) is 5.25. The highest BCUT2D eigenvalue weighted by Gasteiger charge is 2.65. The van der Waals surface area contributed by atoms with Crippen molar-refractivity contribution in [2.24, 2.45) is 5.92 Å². The Labute approximate surface area is 238 Å². The fourth-order valence-corrected chi connectivity index (χ4v) is 6.11. The number of hydrogen-bond donors (Lipinski definition) is 2. The minimum Gasteiger partial charge on any atom is -0.479 e. The minimum absolute atomic E-state index is 0.294. The summed E-state index contributed by atoms with van der Waals surface area (Å²) in [5.41, 5.74) is 1.88. The van der Waals surface area contributed by atoms with Gasteiger partial charge >= 0.3 is 12.0 Å². The van der Waals surface area contributed by atoms with Gasteiger partial charge in [0, 0.05) is 17.2 Å². The third-order valence-electron chi connectivity index (χ3n) is 7.98. The highest BCUT2D eigenvalue weighted by molar-refractivity contribution is 6.03. The topological polar surface area (TPSA) is 86.7 Å². The Morgan fingerprint density at radius 2 is 1.44 bits per heavy atom. The van der Waals surface area contributed by atoms with Crippen molar-refractivity contribution in [3.63, 3.8) is 0 Å². The Bertz CT molecular complexity index is 1600. The largest absolute Gasteiger partial charge is 0.479 e. The Kier molecular flexibility index (Phi) is 7.45. The van der Waals surface area contributed by atoms with Crippen molar-refractivity contribution in [2.75, 3.05) is 5.32 Å². The number of carbonyl (C=O) groups is 3. The molecule has 0 saturated carbocycles. The maximum atomic E-state index is 14.5. The number of ketones is 1. The molecule has 5 rings (SSSR count). The molecule has 4 aromatic rings. The van der Waals surface area contributed by atoms with E-state index < -0.39 is 41.2 Å². The van der Waals surface area contributed by atoms with Gasteiger partial charge in [-0.1, -0.05) is 83.9 Å². The average molecular weight is 551 g/mol. The van der Waals surface area contributed by atoms with Crippen LogP contribution in [0.3, 0.4) is 0 Å². The maximum absolute atomic E-state index is 14.5. The van der Waals surface area contributed by atoms with Gasteiger partial charge in [-0.3, -0.25) is 9.69 Å². The van der Waals surface area contributed by atoms with Crippen LogP contribution in [0.5, 0.6) is 0 Å². The zero-order valence-electron chi connectivity index (χ0n) is 23.0. The molecule has 7 heteroatoms. The fourth-order valence-electron chi connectivity index (χ4n) is 6.11. The van der Waals surface area contributed by atoms with Gasteiger partial charge in [0.05, 0.1) is 12.0 Å². The number of rotatable bonds is 6. The van der Waals surface area contributed by atoms with Crippen LogP contribution in [0.15, 0.2) is 103 Å². The van der Waals surface area contributed by atoms with Crippen molar-refractivity contribution in [3.8, 4) is 0 Å². The molecule has 4 unspecified atom stereocenters. The molecule has 208 valence electrons. The number of hydrogen-bond acceptors (Lipinski definition) is 3. The number of Topliss-reactive ketones (excluding diaryl/α,β-unsaturated/α-hetero) is 1. The van der Waals surface area contributed by atoms with Gasteiger partial charge in [-0.05, 0) is 62.2 Å². The first-order valence-corrected chi connectivity index (χ1v) is 13.4. The number of aryl methyl sites for hydroxylation is 2. The quantitative estimate of drug-likeness (QED) is 0.250. The SMILES string of the molecule is Cc1cccc(C(=O)C2C(c3cccc(C)c3)N(C(=O)Nc3ccccc3)C(C)(C(=O)O)C2c2ccc(F)cc2)c1. The molecule has 41 heavy (non-hydrogen) atoms. The van der Waals surface area contributed by atoms with Crippen LogP contribution in [-0.2, 0) is 4.79 Å². The maximum Gasteiger partial charge on any atom is 0.330 e. The van der Waals surface area contributed by atoms with E-state index in [4.69, 9.17) is 0 Å². The number of carbonyl (C=O) groups excluding carboxylic acids is 2. The van der Waals surface area contributed by atoms with Crippen LogP contribution in [-0.4, -0.2) is 33.3 Å². The van der Waals surface area contributed by atoms with Crippen molar-refractivity contribution in [2.45, 2.75) is 38.3 Å². The normalized spacial score (nSPS) is 21.9. The molecule has 0 aromatic heterocycles. The third kappa shape index (κ3) is 5.11. The Morgan fingerprint density at radius 1 is 0.805 bits per heavy atom. The van der Waals surface area contributed by atoms with Gasteiger partial charge in [-0.15, -0.1) is 0 Å². The Hall–Kier alpha value is -4.78. The van der Waals surface area contributed by atoms with Crippen molar-refractivity contribution in [1.82, 2.24) is 4.90 Å². The molecular weight excluding hydrogens is 519 g/mol. The summed E-state index contributed by atoms with van der Waals surface area (Å²) in [4.78, 5) is 43.3. The van der Waals surface area contributed by atoms with Gasteiger partial charge < -0.3 is 10.4 Å². The zero-order chi connectivity index (χ0) is 29.3. The fraction of sp³-hybridized carbons (Fsp3) is 0.206. The van der Waals surface area contributed by atoms with Crippen molar-refractivity contribution in [3.05, 3.63) is 137 Å². The van der Waals surface area contributed by atoms with E-state index in [1.54, 1.807) is 42.5 Å². The molecule has 6 nitrogen and oxygen atoms in total. The average Bonchev–Trinajstić information content (AvgIpc) is 3.24. The van der Waals surface area contributed by atoms with Crippen LogP contribution < -0.4 is 5.32 Å². The predicted octanol–water partition coefficient (Wildman–Crippen LogP) is 7.16. The second-order valence-corrected chi connectivity index (χ2v) is 10.8. The van der Waals surface area contributed by atoms with Crippen molar-refractivity contribution < 1.29 is 23.9 Å². The number of aliphatic carboxylic acids is 1. The summed E-state index contributed by atoms with van der Waals surface area (Å²) in [7, 11) is 0. The van der Waals surface area contributed by atoms with Crippen LogP contribution in [0.2, 0.25) is 0 Å². The number of halogens is 1. The molecule has 1 heterocycles. The van der Waals surface area contributed by atoms with Gasteiger partial charge in [0.15, 0.2) is 5.78 Å². The van der Waals surface area contributed by atoms with Crippen LogP contribution in [0.25, 0.3) is 0 Å². The molecule has 2 amide bonds. The molecule has 2 N–H and O–H groups in total. The van der Waals surface area contributed by atoms with Gasteiger partial charge in [-0.25, -0.2) is 14.0 Å². The van der Waals surface area contributed by atoms with E-state index in [9.17, 15) is 23.9 Å². The number of benzene rings is 4. The summed E-state index contributed by atoms with van der Waals surface area (Å²) in [6.07, 6.45) is 0. The van der Waals surface area contributed by atoms with Gasteiger partial charge in [0.25, 0.3) is 0 Å². The zero-order valence-corrected chi connectivity index (χ0v) is 23.0. The lowest BCUT2D eigenvalue weighted by molar-refractivity contribution is -0.148. The molecule has 4 aromatic carbocycles. The first kappa shape index (κ1) is 27.8. The molecular formula is C34H31FN2O4.